The number of nitrogens with zero attached hydrogens (tertiary/aromatic N) is 2. The first-order valence-electron chi connectivity index (χ1n) is 10.8. The molecule has 2 atom stereocenters. The Morgan fingerprint density at radius 1 is 1.07 bits per heavy atom. The highest BCUT2D eigenvalue weighted by atomic mass is 19.1. The summed E-state index contributed by atoms with van der Waals surface area (Å²) in [5.74, 6) is -0.0104. The van der Waals surface area contributed by atoms with Crippen LogP contribution in [0.1, 0.15) is 48.4 Å². The maximum Gasteiger partial charge on any atom is 0.298 e. The number of amides is 1. The van der Waals surface area contributed by atoms with E-state index in [0.29, 0.717) is 6.54 Å². The van der Waals surface area contributed by atoms with E-state index in [1.54, 1.807) is 5.01 Å². The Morgan fingerprint density at radius 2 is 1.83 bits per heavy atom. The minimum Gasteiger partial charge on any atom is -0.327 e. The van der Waals surface area contributed by atoms with Crippen molar-refractivity contribution in [1.82, 2.24) is 5.01 Å². The SMILES string of the molecule is O=C(C[NH+]1CCCCC1)N1N=C2c3ccccc3CC[C@H]2[C@H]1c1ccc(F)cc1. The lowest BCUT2D eigenvalue weighted by molar-refractivity contribution is -0.897. The molecular weight excluding hydrogens is 365 g/mol. The number of hydrogen-bond donors (Lipinski definition) is 1. The molecule has 2 heterocycles. The molecule has 3 aliphatic rings. The van der Waals surface area contributed by atoms with Crippen LogP contribution in [-0.2, 0) is 11.2 Å². The van der Waals surface area contributed by atoms with E-state index in [-0.39, 0.29) is 23.7 Å². The van der Waals surface area contributed by atoms with Crippen LogP contribution >= 0.6 is 0 Å². The van der Waals surface area contributed by atoms with Gasteiger partial charge in [0.05, 0.1) is 24.8 Å². The van der Waals surface area contributed by atoms with Crippen molar-refractivity contribution in [3.05, 3.63) is 71.0 Å². The van der Waals surface area contributed by atoms with Gasteiger partial charge in [-0.1, -0.05) is 36.4 Å². The molecule has 0 radical (unpaired) electrons. The number of quaternary nitrogens is 1. The number of hydrogen-bond acceptors (Lipinski definition) is 2. The third-order valence-corrected chi connectivity index (χ3v) is 6.66. The summed E-state index contributed by atoms with van der Waals surface area (Å²) in [5.41, 5.74) is 4.45. The number of nitrogens with one attached hydrogen (secondary N) is 1. The van der Waals surface area contributed by atoms with Crippen LogP contribution in [0.4, 0.5) is 4.39 Å². The van der Waals surface area contributed by atoms with Crippen molar-refractivity contribution in [2.24, 2.45) is 11.0 Å². The molecule has 1 aliphatic carbocycles. The first-order valence-corrected chi connectivity index (χ1v) is 10.8. The highest BCUT2D eigenvalue weighted by Gasteiger charge is 2.44. The summed E-state index contributed by atoms with van der Waals surface area (Å²) >= 11 is 0. The summed E-state index contributed by atoms with van der Waals surface area (Å²) in [4.78, 5) is 14.7. The third-order valence-electron chi connectivity index (χ3n) is 6.66. The van der Waals surface area contributed by atoms with Crippen LogP contribution in [0.25, 0.3) is 0 Å². The zero-order valence-corrected chi connectivity index (χ0v) is 16.6. The van der Waals surface area contributed by atoms with Crippen molar-refractivity contribution in [3.63, 3.8) is 0 Å². The average Bonchev–Trinajstić information content (AvgIpc) is 3.15. The van der Waals surface area contributed by atoms with Gasteiger partial charge in [-0.25, -0.2) is 9.40 Å². The lowest BCUT2D eigenvalue weighted by Crippen LogP contribution is -3.13. The van der Waals surface area contributed by atoms with E-state index >= 15 is 0 Å². The fourth-order valence-corrected chi connectivity index (χ4v) is 5.19. The molecule has 4 nitrogen and oxygen atoms in total. The van der Waals surface area contributed by atoms with Crippen LogP contribution in [0.15, 0.2) is 53.6 Å². The molecule has 0 unspecified atom stereocenters. The molecule has 1 fully saturated rings. The minimum atomic E-state index is -0.252. The van der Waals surface area contributed by atoms with Crippen molar-refractivity contribution in [1.29, 1.82) is 0 Å². The summed E-state index contributed by atoms with van der Waals surface area (Å²) in [6, 6.07) is 14.8. The summed E-state index contributed by atoms with van der Waals surface area (Å²) in [5, 5.41) is 6.61. The van der Waals surface area contributed by atoms with Crippen LogP contribution in [-0.4, -0.2) is 36.3 Å². The molecule has 1 saturated heterocycles. The average molecular weight is 392 g/mol. The Labute approximate surface area is 171 Å². The number of rotatable bonds is 3. The number of halogens is 1. The number of carbonyl (C=O) groups is 1. The van der Waals surface area contributed by atoms with Crippen molar-refractivity contribution in [3.8, 4) is 0 Å². The number of aryl methyl sites for hydroxylation is 1. The molecule has 0 aromatic heterocycles. The van der Waals surface area contributed by atoms with Crippen LogP contribution in [0.3, 0.4) is 0 Å². The van der Waals surface area contributed by atoms with Crippen LogP contribution in [0.5, 0.6) is 0 Å². The predicted octanol–water partition coefficient (Wildman–Crippen LogP) is 2.74. The first kappa shape index (κ1) is 18.5. The Balaban J connectivity index is 1.50. The van der Waals surface area contributed by atoms with Gasteiger partial charge >= 0.3 is 0 Å². The van der Waals surface area contributed by atoms with E-state index in [9.17, 15) is 9.18 Å². The van der Waals surface area contributed by atoms with Crippen molar-refractivity contribution >= 4 is 11.6 Å². The normalized spacial score (nSPS) is 24.0. The fourth-order valence-electron chi connectivity index (χ4n) is 5.19. The molecule has 2 aliphatic heterocycles. The van der Waals surface area contributed by atoms with Crippen molar-refractivity contribution in [2.45, 2.75) is 38.1 Å². The number of likely N-dealkylation sites (tertiary alicyclic amines) is 1. The molecule has 0 spiro atoms. The van der Waals surface area contributed by atoms with Crippen molar-refractivity contribution < 1.29 is 14.1 Å². The monoisotopic (exact) mass is 392 g/mol. The van der Waals surface area contributed by atoms with E-state index in [1.807, 2.05) is 18.2 Å². The van der Waals surface area contributed by atoms with Gasteiger partial charge in [-0.3, -0.25) is 4.79 Å². The summed E-state index contributed by atoms with van der Waals surface area (Å²) in [7, 11) is 0. The predicted molar refractivity (Wildman–Crippen MR) is 110 cm³/mol. The lowest BCUT2D eigenvalue weighted by atomic mass is 9.77. The summed E-state index contributed by atoms with van der Waals surface area (Å²) in [6.45, 7) is 2.61. The molecule has 1 N–H and O–H groups in total. The molecule has 0 saturated carbocycles. The molecule has 1 amide bonds. The zero-order chi connectivity index (χ0) is 19.8. The largest absolute Gasteiger partial charge is 0.327 e. The van der Waals surface area contributed by atoms with Gasteiger partial charge in [0.1, 0.15) is 5.82 Å². The minimum absolute atomic E-state index is 0.0793. The number of fused-ring (bicyclic) bond motifs is 3. The second-order valence-corrected chi connectivity index (χ2v) is 8.51. The number of benzene rings is 2. The zero-order valence-electron chi connectivity index (χ0n) is 16.6. The summed E-state index contributed by atoms with van der Waals surface area (Å²) in [6.07, 6.45) is 5.58. The quantitative estimate of drug-likeness (QED) is 0.857. The second kappa shape index (κ2) is 7.71. The standard InChI is InChI=1S/C24H26FN3O/c25-19-11-8-18(9-12-19)24-21-13-10-17-6-2-3-7-20(17)23(21)26-28(24)22(29)16-27-14-4-1-5-15-27/h2-3,6-9,11-12,21,24H,1,4-5,10,13-16H2/p+1/t21-,24-/m1/s1. The van der Waals surface area contributed by atoms with Gasteiger partial charge in [-0.05, 0) is 55.4 Å². The molecular formula is C24H27FN3O+. The molecule has 2 aromatic carbocycles. The van der Waals surface area contributed by atoms with Gasteiger partial charge in [0.15, 0.2) is 6.54 Å². The van der Waals surface area contributed by atoms with E-state index in [1.165, 1.54) is 41.9 Å². The van der Waals surface area contributed by atoms with E-state index in [4.69, 9.17) is 5.10 Å². The smallest absolute Gasteiger partial charge is 0.298 e. The maximum atomic E-state index is 13.6. The molecule has 5 heteroatoms. The van der Waals surface area contributed by atoms with Gasteiger partial charge in [-0.2, -0.15) is 5.10 Å². The number of carbonyl (C=O) groups excluding carboxylic acids is 1. The van der Waals surface area contributed by atoms with E-state index < -0.39 is 0 Å². The Hall–Kier alpha value is -2.53. The van der Waals surface area contributed by atoms with E-state index in [0.717, 1.165) is 42.8 Å². The van der Waals surface area contributed by atoms with Gasteiger partial charge in [0.2, 0.25) is 0 Å². The lowest BCUT2D eigenvalue weighted by Gasteiger charge is -2.30. The first-order chi connectivity index (χ1) is 14.2. The van der Waals surface area contributed by atoms with Crippen LogP contribution in [0, 0.1) is 11.7 Å². The van der Waals surface area contributed by atoms with E-state index in [2.05, 4.69) is 18.2 Å². The van der Waals surface area contributed by atoms with Crippen LogP contribution < -0.4 is 4.90 Å². The number of piperidine rings is 1. The number of hydrazone groups is 1. The third kappa shape index (κ3) is 3.48. The maximum absolute atomic E-state index is 13.6. The summed E-state index contributed by atoms with van der Waals surface area (Å²) < 4.78 is 13.6. The topological polar surface area (TPSA) is 37.1 Å². The van der Waals surface area contributed by atoms with Crippen molar-refractivity contribution in [2.75, 3.05) is 19.6 Å². The Morgan fingerprint density at radius 3 is 2.62 bits per heavy atom. The Kier molecular flexibility index (Phi) is 4.92. The molecule has 0 bridgehead atoms. The van der Waals surface area contributed by atoms with Crippen LogP contribution in [0.2, 0.25) is 0 Å². The molecule has 29 heavy (non-hydrogen) atoms. The van der Waals surface area contributed by atoms with Gasteiger partial charge in [0.25, 0.3) is 5.91 Å². The van der Waals surface area contributed by atoms with Gasteiger partial charge in [-0.15, -0.1) is 0 Å². The highest BCUT2D eigenvalue weighted by molar-refractivity contribution is 6.06. The fraction of sp³-hybridized carbons (Fsp3) is 0.417. The van der Waals surface area contributed by atoms with Gasteiger partial charge in [0, 0.05) is 11.5 Å². The van der Waals surface area contributed by atoms with Gasteiger partial charge < -0.3 is 4.90 Å². The molecule has 150 valence electrons. The second-order valence-electron chi connectivity index (χ2n) is 8.51. The Bertz CT molecular complexity index is 933. The molecule has 5 rings (SSSR count). The highest BCUT2D eigenvalue weighted by Crippen LogP contribution is 2.43. The molecule has 2 aromatic rings.